The second kappa shape index (κ2) is 11.8. The van der Waals surface area contributed by atoms with Crippen LogP contribution in [0.1, 0.15) is 45.1 Å². The van der Waals surface area contributed by atoms with Gasteiger partial charge in [0, 0.05) is 27.1 Å². The van der Waals surface area contributed by atoms with E-state index in [1.165, 1.54) is 0 Å². The fourth-order valence-electron chi connectivity index (χ4n) is 5.25. The van der Waals surface area contributed by atoms with Crippen LogP contribution >= 0.6 is 0 Å². The lowest BCUT2D eigenvalue weighted by Crippen LogP contribution is -2.75. The van der Waals surface area contributed by atoms with Gasteiger partial charge in [0.05, 0.1) is 19.3 Å². The second-order valence-corrected chi connectivity index (χ2v) is 9.68. The summed E-state index contributed by atoms with van der Waals surface area (Å²) in [5.41, 5.74) is 0.943. The van der Waals surface area contributed by atoms with E-state index in [1.54, 1.807) is 14.2 Å². The summed E-state index contributed by atoms with van der Waals surface area (Å²) in [4.78, 5) is 11.3. The van der Waals surface area contributed by atoms with Gasteiger partial charge in [-0.1, -0.05) is 30.3 Å². The Hall–Kier alpha value is -1.63. The molecule has 0 bridgehead atoms. The van der Waals surface area contributed by atoms with Crippen molar-refractivity contribution in [3.8, 4) is 0 Å². The van der Waals surface area contributed by atoms with Crippen molar-refractivity contribution in [3.05, 3.63) is 35.9 Å². The normalized spacial score (nSPS) is 36.3. The third-order valence-electron chi connectivity index (χ3n) is 7.00. The highest BCUT2D eigenvalue weighted by Gasteiger charge is 2.67. The van der Waals surface area contributed by atoms with Crippen LogP contribution < -0.4 is 0 Å². The molecular weight excluding hydrogens is 472 g/mol. The Kier molecular flexibility index (Phi) is 9.00. The molecule has 3 aliphatic rings. The van der Waals surface area contributed by atoms with E-state index in [-0.39, 0.29) is 19.3 Å². The highest BCUT2D eigenvalue weighted by Crippen LogP contribution is 2.51. The van der Waals surface area contributed by atoms with E-state index in [9.17, 15) is 9.90 Å². The van der Waals surface area contributed by atoms with Gasteiger partial charge in [-0.25, -0.2) is 4.79 Å². The van der Waals surface area contributed by atoms with Crippen molar-refractivity contribution in [2.24, 2.45) is 0 Å². The molecule has 1 aromatic carbocycles. The molecule has 1 aromatic rings. The van der Waals surface area contributed by atoms with E-state index in [0.717, 1.165) is 18.4 Å². The predicted octanol–water partition coefficient (Wildman–Crippen LogP) is 2.87. The summed E-state index contributed by atoms with van der Waals surface area (Å²) in [6.45, 7) is 3.74. The molecule has 10 nitrogen and oxygen atoms in total. The Balaban J connectivity index is 1.67. The number of fused-ring (bicyclic) bond motifs is 2. The molecule has 10 heteroatoms. The summed E-state index contributed by atoms with van der Waals surface area (Å²) in [6, 6.07) is 9.66. The molecule has 0 radical (unpaired) electrons. The molecule has 1 saturated carbocycles. The van der Waals surface area contributed by atoms with Gasteiger partial charge in [0.1, 0.15) is 31.0 Å². The minimum Gasteiger partial charge on any atom is -0.480 e. The number of ether oxygens (including phenoxy) is 8. The van der Waals surface area contributed by atoms with Crippen molar-refractivity contribution in [1.29, 1.82) is 0 Å². The number of benzene rings is 1. The van der Waals surface area contributed by atoms with E-state index in [4.69, 9.17) is 37.9 Å². The van der Waals surface area contributed by atoms with Crippen molar-refractivity contribution in [2.75, 3.05) is 27.4 Å². The number of methoxy groups -OCH3 is 2. The molecule has 1 aliphatic carbocycles. The van der Waals surface area contributed by atoms with Crippen LogP contribution in [-0.4, -0.2) is 86.9 Å². The van der Waals surface area contributed by atoms with Gasteiger partial charge in [-0.3, -0.25) is 0 Å². The summed E-state index contributed by atoms with van der Waals surface area (Å²) in [7, 11) is 3.17. The lowest BCUT2D eigenvalue weighted by Gasteiger charge is -2.60. The topological polar surface area (TPSA) is 111 Å². The number of hydrogen-bond donors (Lipinski definition) is 1. The number of carboxylic acid groups (broad SMARTS) is 1. The molecule has 7 atom stereocenters. The largest absolute Gasteiger partial charge is 0.480 e. The van der Waals surface area contributed by atoms with E-state index in [1.807, 2.05) is 44.2 Å². The maximum Gasteiger partial charge on any atom is 0.329 e. The zero-order chi connectivity index (χ0) is 25.8. The Morgan fingerprint density at radius 1 is 1.03 bits per heavy atom. The fourth-order valence-corrected chi connectivity index (χ4v) is 5.25. The first-order chi connectivity index (χ1) is 17.3. The molecule has 0 amide bonds. The maximum atomic E-state index is 11.3. The van der Waals surface area contributed by atoms with Crippen LogP contribution in [0.3, 0.4) is 0 Å². The molecule has 2 aliphatic heterocycles. The van der Waals surface area contributed by atoms with Crippen molar-refractivity contribution >= 4 is 5.97 Å². The van der Waals surface area contributed by atoms with Gasteiger partial charge in [-0.2, -0.15) is 0 Å². The molecule has 1 N–H and O–H groups in total. The zero-order valence-electron chi connectivity index (χ0n) is 21.4. The number of hydrogen-bond acceptors (Lipinski definition) is 9. The third kappa shape index (κ3) is 5.61. The number of carbonyl (C=O) groups is 1. The van der Waals surface area contributed by atoms with Crippen LogP contribution in [0, 0.1) is 0 Å². The van der Waals surface area contributed by atoms with Gasteiger partial charge in [0.2, 0.25) is 11.6 Å². The molecule has 3 fully saturated rings. The molecule has 36 heavy (non-hydrogen) atoms. The molecule has 0 aromatic heterocycles. The van der Waals surface area contributed by atoms with Crippen LogP contribution in [0.2, 0.25) is 0 Å². The summed E-state index contributed by atoms with van der Waals surface area (Å²) >= 11 is 0. The minimum absolute atomic E-state index is 0.0499. The predicted molar refractivity (Wildman–Crippen MR) is 126 cm³/mol. The van der Waals surface area contributed by atoms with Crippen LogP contribution in [0.25, 0.3) is 0 Å². The summed E-state index contributed by atoms with van der Waals surface area (Å²) in [6.07, 6.45) is -0.873. The Morgan fingerprint density at radius 2 is 1.67 bits per heavy atom. The average Bonchev–Trinajstić information content (AvgIpc) is 2.89. The van der Waals surface area contributed by atoms with Crippen LogP contribution in [-0.2, 0) is 49.3 Å². The molecule has 2 heterocycles. The number of rotatable bonds is 11. The first-order valence-corrected chi connectivity index (χ1v) is 12.5. The molecule has 202 valence electrons. The maximum absolute atomic E-state index is 11.3. The standard InChI is InChI=1S/C26H38O10/c1-17(2)31-15-19-21-22(36-26(30-4)13-9-8-12-25(26,29-3)35-21)23(24(34-19)33-16-20(27)28)32-14-18-10-6-5-7-11-18/h5-7,10-11,17,19,21-24H,8-9,12-16H2,1-4H3,(H,27,28)/t19?,21?,22-,23+,24+,25?,26-/m0/s1. The fraction of sp³-hybridized carbons (Fsp3) is 0.731. The molecule has 4 rings (SSSR count). The van der Waals surface area contributed by atoms with Crippen LogP contribution in [0.15, 0.2) is 30.3 Å². The molecule has 2 saturated heterocycles. The average molecular weight is 511 g/mol. The zero-order valence-corrected chi connectivity index (χ0v) is 21.4. The van der Waals surface area contributed by atoms with E-state index >= 15 is 0 Å². The van der Waals surface area contributed by atoms with Gasteiger partial charge in [-0.15, -0.1) is 0 Å². The first kappa shape index (κ1) is 27.4. The summed E-state index contributed by atoms with van der Waals surface area (Å²) in [5.74, 6) is -3.40. The summed E-state index contributed by atoms with van der Waals surface area (Å²) < 4.78 is 49.5. The summed E-state index contributed by atoms with van der Waals surface area (Å²) in [5, 5.41) is 9.27. The van der Waals surface area contributed by atoms with E-state index in [2.05, 4.69) is 0 Å². The van der Waals surface area contributed by atoms with Crippen molar-refractivity contribution in [1.82, 2.24) is 0 Å². The van der Waals surface area contributed by atoms with Crippen LogP contribution in [0.4, 0.5) is 0 Å². The van der Waals surface area contributed by atoms with Gasteiger partial charge < -0.3 is 43.0 Å². The highest BCUT2D eigenvalue weighted by molar-refractivity contribution is 5.68. The lowest BCUT2D eigenvalue weighted by atomic mass is 9.83. The number of carboxylic acids is 1. The first-order valence-electron chi connectivity index (χ1n) is 12.5. The SMILES string of the molecule is COC12CCCC[C@]1(OC)O[C@H]1C(O2)C(COC(C)C)O[C@@H](OCC(=O)O)[C@@H]1OCc1ccccc1. The van der Waals surface area contributed by atoms with Gasteiger partial charge in [-0.05, 0) is 32.3 Å². The van der Waals surface area contributed by atoms with Gasteiger partial charge in [0.25, 0.3) is 0 Å². The van der Waals surface area contributed by atoms with E-state index < -0.39 is 54.9 Å². The van der Waals surface area contributed by atoms with Gasteiger partial charge in [0.15, 0.2) is 6.29 Å². The monoisotopic (exact) mass is 510 g/mol. The Morgan fingerprint density at radius 3 is 2.25 bits per heavy atom. The third-order valence-corrected chi connectivity index (χ3v) is 7.00. The molecule has 3 unspecified atom stereocenters. The van der Waals surface area contributed by atoms with Crippen molar-refractivity contribution in [2.45, 2.75) is 94.5 Å². The highest BCUT2D eigenvalue weighted by atomic mass is 16.8. The lowest BCUT2D eigenvalue weighted by molar-refractivity contribution is -0.498. The van der Waals surface area contributed by atoms with E-state index in [0.29, 0.717) is 12.8 Å². The molecular formula is C26H38O10. The number of aliphatic carboxylic acids is 1. The van der Waals surface area contributed by atoms with Crippen LogP contribution in [0.5, 0.6) is 0 Å². The Bertz CT molecular complexity index is 850. The van der Waals surface area contributed by atoms with Crippen molar-refractivity contribution < 1.29 is 47.8 Å². The Labute approximate surface area is 212 Å². The quantitative estimate of drug-likeness (QED) is 0.477. The minimum atomic E-state index is -1.16. The second-order valence-electron chi connectivity index (χ2n) is 9.68. The molecule has 0 spiro atoms. The van der Waals surface area contributed by atoms with Crippen molar-refractivity contribution in [3.63, 3.8) is 0 Å². The van der Waals surface area contributed by atoms with Gasteiger partial charge >= 0.3 is 5.97 Å². The smallest absolute Gasteiger partial charge is 0.329 e.